The fraction of sp³-hybridized carbons (Fsp3) is 0.111. The molecule has 2 aromatic rings. The predicted octanol–water partition coefficient (Wildman–Crippen LogP) is 2.61. The molecule has 0 aliphatic rings. The van der Waals surface area contributed by atoms with E-state index < -0.39 is 4.92 Å². The SMILES string of the molecule is Cc1cc(-c2nnc(Cl)o2)ccc1[N+](=O)[O-]. The number of nitro benzene ring substituents is 1. The monoisotopic (exact) mass is 239 g/mol. The van der Waals surface area contributed by atoms with E-state index >= 15 is 0 Å². The van der Waals surface area contributed by atoms with Crippen LogP contribution in [0.3, 0.4) is 0 Å². The van der Waals surface area contributed by atoms with Crippen molar-refractivity contribution in [1.29, 1.82) is 0 Å². The molecule has 0 aliphatic heterocycles. The van der Waals surface area contributed by atoms with E-state index in [1.54, 1.807) is 13.0 Å². The maximum absolute atomic E-state index is 10.6. The Labute approximate surface area is 95.0 Å². The normalized spacial score (nSPS) is 10.4. The lowest BCUT2D eigenvalue weighted by Crippen LogP contribution is -1.91. The molecule has 1 heterocycles. The van der Waals surface area contributed by atoms with Crippen molar-refractivity contribution in [3.8, 4) is 11.5 Å². The zero-order valence-electron chi connectivity index (χ0n) is 8.18. The molecule has 2 rings (SSSR count). The summed E-state index contributed by atoms with van der Waals surface area (Å²) in [5, 5.41) is 17.7. The molecule has 1 aromatic carbocycles. The van der Waals surface area contributed by atoms with Crippen molar-refractivity contribution in [1.82, 2.24) is 10.2 Å². The van der Waals surface area contributed by atoms with E-state index in [9.17, 15) is 10.1 Å². The van der Waals surface area contributed by atoms with Crippen molar-refractivity contribution < 1.29 is 9.34 Å². The van der Waals surface area contributed by atoms with E-state index in [1.165, 1.54) is 12.1 Å². The van der Waals surface area contributed by atoms with Gasteiger partial charge >= 0.3 is 5.35 Å². The summed E-state index contributed by atoms with van der Waals surface area (Å²) in [6.45, 7) is 1.64. The topological polar surface area (TPSA) is 82.1 Å². The van der Waals surface area contributed by atoms with Crippen LogP contribution in [0.4, 0.5) is 5.69 Å². The van der Waals surface area contributed by atoms with Crippen LogP contribution >= 0.6 is 11.6 Å². The summed E-state index contributed by atoms with van der Waals surface area (Å²) in [4.78, 5) is 10.2. The van der Waals surface area contributed by atoms with Crippen LogP contribution < -0.4 is 0 Å². The quantitative estimate of drug-likeness (QED) is 0.594. The number of nitro groups is 1. The second-order valence-electron chi connectivity index (χ2n) is 3.12. The molecule has 6 nitrogen and oxygen atoms in total. The second-order valence-corrected chi connectivity index (χ2v) is 3.44. The van der Waals surface area contributed by atoms with Crippen LogP contribution in [0.15, 0.2) is 22.6 Å². The summed E-state index contributed by atoms with van der Waals surface area (Å²) < 4.78 is 5.00. The van der Waals surface area contributed by atoms with Crippen LogP contribution in [0, 0.1) is 17.0 Å². The zero-order valence-corrected chi connectivity index (χ0v) is 8.93. The number of aromatic nitrogens is 2. The first-order chi connectivity index (χ1) is 7.58. The number of hydrogen-bond acceptors (Lipinski definition) is 5. The fourth-order valence-electron chi connectivity index (χ4n) is 1.32. The first kappa shape index (κ1) is 10.6. The van der Waals surface area contributed by atoms with E-state index in [1.807, 2.05) is 0 Å². The maximum atomic E-state index is 10.6. The third kappa shape index (κ3) is 1.87. The van der Waals surface area contributed by atoms with Crippen LogP contribution in [-0.2, 0) is 0 Å². The third-order valence-corrected chi connectivity index (χ3v) is 2.19. The minimum Gasteiger partial charge on any atom is -0.407 e. The molecule has 0 aliphatic carbocycles. The van der Waals surface area contributed by atoms with E-state index in [4.69, 9.17) is 16.0 Å². The molecule has 0 N–H and O–H groups in total. The van der Waals surface area contributed by atoms with E-state index in [2.05, 4.69) is 10.2 Å². The average Bonchev–Trinajstić information content (AvgIpc) is 2.64. The molecule has 1 aromatic heterocycles. The minimum atomic E-state index is -0.445. The smallest absolute Gasteiger partial charge is 0.313 e. The highest BCUT2D eigenvalue weighted by atomic mass is 35.5. The van der Waals surface area contributed by atoms with Crippen LogP contribution in [0.25, 0.3) is 11.5 Å². The summed E-state index contributed by atoms with van der Waals surface area (Å²) in [5.41, 5.74) is 1.17. The lowest BCUT2D eigenvalue weighted by molar-refractivity contribution is -0.385. The van der Waals surface area contributed by atoms with Crippen molar-refractivity contribution in [3.05, 3.63) is 39.2 Å². The Morgan fingerprint density at radius 1 is 1.44 bits per heavy atom. The van der Waals surface area contributed by atoms with Gasteiger partial charge in [0.15, 0.2) is 0 Å². The number of nitrogens with zero attached hydrogens (tertiary/aromatic N) is 3. The van der Waals surface area contributed by atoms with E-state index in [-0.39, 0.29) is 16.9 Å². The van der Waals surface area contributed by atoms with Crippen LogP contribution in [0.2, 0.25) is 5.35 Å². The van der Waals surface area contributed by atoms with Gasteiger partial charge in [-0.3, -0.25) is 10.1 Å². The first-order valence-corrected chi connectivity index (χ1v) is 4.70. The first-order valence-electron chi connectivity index (χ1n) is 4.32. The number of hydrogen-bond donors (Lipinski definition) is 0. The number of aryl methyl sites for hydroxylation is 1. The molecular weight excluding hydrogens is 234 g/mol. The van der Waals surface area contributed by atoms with Gasteiger partial charge in [0, 0.05) is 17.2 Å². The Morgan fingerprint density at radius 2 is 2.19 bits per heavy atom. The highest BCUT2D eigenvalue weighted by Gasteiger charge is 2.13. The van der Waals surface area contributed by atoms with Gasteiger partial charge in [-0.25, -0.2) is 0 Å². The van der Waals surface area contributed by atoms with Gasteiger partial charge < -0.3 is 4.42 Å². The van der Waals surface area contributed by atoms with Gasteiger partial charge in [-0.2, -0.15) is 0 Å². The van der Waals surface area contributed by atoms with E-state index in [0.29, 0.717) is 11.1 Å². The third-order valence-electron chi connectivity index (χ3n) is 2.04. The average molecular weight is 240 g/mol. The summed E-state index contributed by atoms with van der Waals surface area (Å²) in [6.07, 6.45) is 0. The molecule has 82 valence electrons. The van der Waals surface area contributed by atoms with Crippen LogP contribution in [-0.4, -0.2) is 15.1 Å². The molecule has 0 saturated heterocycles. The molecule has 0 unspecified atom stereocenters. The molecular formula is C9H6ClN3O3. The molecule has 0 fully saturated rings. The molecule has 0 radical (unpaired) electrons. The Hall–Kier alpha value is -1.95. The van der Waals surface area contributed by atoms with E-state index in [0.717, 1.165) is 0 Å². The number of benzene rings is 1. The summed E-state index contributed by atoms with van der Waals surface area (Å²) in [6, 6.07) is 4.53. The summed E-state index contributed by atoms with van der Waals surface area (Å²) in [7, 11) is 0. The fourth-order valence-corrected chi connectivity index (χ4v) is 1.43. The highest BCUT2D eigenvalue weighted by Crippen LogP contribution is 2.25. The molecule has 16 heavy (non-hydrogen) atoms. The molecule has 0 amide bonds. The van der Waals surface area contributed by atoms with Crippen molar-refractivity contribution in [2.75, 3.05) is 0 Å². The second kappa shape index (κ2) is 3.90. The summed E-state index contributed by atoms with van der Waals surface area (Å²) >= 11 is 5.48. The van der Waals surface area contributed by atoms with Gasteiger partial charge in [0.25, 0.3) is 5.69 Å². The standard InChI is InChI=1S/C9H6ClN3O3/c1-5-4-6(2-3-7(5)13(14)15)8-11-12-9(10)16-8/h2-4H,1H3. The van der Waals surface area contributed by atoms with Crippen LogP contribution in [0.5, 0.6) is 0 Å². The Kier molecular flexibility index (Phi) is 2.57. The van der Waals surface area contributed by atoms with Crippen LogP contribution in [0.1, 0.15) is 5.56 Å². The van der Waals surface area contributed by atoms with Gasteiger partial charge in [-0.15, -0.1) is 5.10 Å². The number of rotatable bonds is 2. The minimum absolute atomic E-state index is 0.0503. The predicted molar refractivity (Wildman–Crippen MR) is 56.1 cm³/mol. The summed E-state index contributed by atoms with van der Waals surface area (Å²) in [5.74, 6) is 0.239. The van der Waals surface area contributed by atoms with Crippen molar-refractivity contribution in [2.24, 2.45) is 0 Å². The van der Waals surface area contributed by atoms with Gasteiger partial charge in [0.1, 0.15) is 0 Å². The highest BCUT2D eigenvalue weighted by molar-refractivity contribution is 6.27. The molecule has 0 bridgehead atoms. The molecule has 7 heteroatoms. The van der Waals surface area contributed by atoms with Crippen molar-refractivity contribution in [3.63, 3.8) is 0 Å². The molecule has 0 atom stereocenters. The lowest BCUT2D eigenvalue weighted by Gasteiger charge is -1.98. The Morgan fingerprint density at radius 3 is 2.69 bits per heavy atom. The maximum Gasteiger partial charge on any atom is 0.313 e. The Bertz CT molecular complexity index is 553. The lowest BCUT2D eigenvalue weighted by atomic mass is 10.1. The van der Waals surface area contributed by atoms with Crippen molar-refractivity contribution in [2.45, 2.75) is 6.92 Å². The van der Waals surface area contributed by atoms with Crippen molar-refractivity contribution >= 4 is 17.3 Å². The largest absolute Gasteiger partial charge is 0.407 e. The Balaban J connectivity index is 2.45. The van der Waals surface area contributed by atoms with Gasteiger partial charge in [-0.1, -0.05) is 5.10 Å². The van der Waals surface area contributed by atoms with Gasteiger partial charge in [0.2, 0.25) is 5.89 Å². The zero-order chi connectivity index (χ0) is 11.7. The molecule has 0 saturated carbocycles. The number of halogens is 1. The van der Waals surface area contributed by atoms with Gasteiger partial charge in [0.05, 0.1) is 4.92 Å². The molecule has 0 spiro atoms. The van der Waals surface area contributed by atoms with Gasteiger partial charge in [-0.05, 0) is 30.7 Å².